The zero-order valence-corrected chi connectivity index (χ0v) is 7.96. The standard InChI is InChI=1S/C9H8ClFN2O/c10-6-2-1-5(11)3-8(6)13-4-7(12)9(13)14/h1-3,7H,4,12H2. The number of hydrogen-bond acceptors (Lipinski definition) is 2. The summed E-state index contributed by atoms with van der Waals surface area (Å²) in [6, 6.07) is 3.42. The molecule has 0 aromatic heterocycles. The minimum Gasteiger partial charge on any atom is -0.318 e. The maximum atomic E-state index is 12.9. The Morgan fingerprint density at radius 3 is 2.86 bits per heavy atom. The molecule has 0 aliphatic carbocycles. The zero-order chi connectivity index (χ0) is 10.3. The molecule has 1 aromatic carbocycles. The van der Waals surface area contributed by atoms with Gasteiger partial charge in [-0.25, -0.2) is 4.39 Å². The van der Waals surface area contributed by atoms with Crippen molar-refractivity contribution in [3.8, 4) is 0 Å². The molecule has 0 radical (unpaired) electrons. The lowest BCUT2D eigenvalue weighted by molar-refractivity contribution is -0.123. The second-order valence-corrected chi connectivity index (χ2v) is 3.56. The average Bonchev–Trinajstić information content (AvgIpc) is 2.18. The van der Waals surface area contributed by atoms with Gasteiger partial charge < -0.3 is 10.6 Å². The van der Waals surface area contributed by atoms with E-state index >= 15 is 0 Å². The summed E-state index contributed by atoms with van der Waals surface area (Å²) in [6.45, 7) is 0.391. The van der Waals surface area contributed by atoms with Crippen LogP contribution in [0.3, 0.4) is 0 Å². The van der Waals surface area contributed by atoms with E-state index in [1.54, 1.807) is 0 Å². The lowest BCUT2D eigenvalue weighted by Gasteiger charge is -2.36. The zero-order valence-electron chi connectivity index (χ0n) is 7.21. The van der Waals surface area contributed by atoms with Crippen LogP contribution in [0.25, 0.3) is 0 Å². The largest absolute Gasteiger partial charge is 0.318 e. The SMILES string of the molecule is NC1CN(c2cc(F)ccc2Cl)C1=O. The summed E-state index contributed by atoms with van der Waals surface area (Å²) in [6.07, 6.45) is 0. The second-order valence-electron chi connectivity index (χ2n) is 3.15. The minimum absolute atomic E-state index is 0.225. The number of amides is 1. The van der Waals surface area contributed by atoms with Crippen LogP contribution in [0.2, 0.25) is 5.02 Å². The predicted molar refractivity (Wildman–Crippen MR) is 51.7 cm³/mol. The molecule has 0 bridgehead atoms. The Labute approximate surface area is 85.3 Å². The molecule has 74 valence electrons. The van der Waals surface area contributed by atoms with Crippen LogP contribution >= 0.6 is 11.6 Å². The van der Waals surface area contributed by atoms with Gasteiger partial charge in [0.15, 0.2) is 0 Å². The van der Waals surface area contributed by atoms with Gasteiger partial charge in [-0.1, -0.05) is 11.6 Å². The fourth-order valence-electron chi connectivity index (χ4n) is 1.36. The summed E-state index contributed by atoms with van der Waals surface area (Å²) in [7, 11) is 0. The van der Waals surface area contributed by atoms with E-state index in [1.165, 1.54) is 23.1 Å². The highest BCUT2D eigenvalue weighted by Crippen LogP contribution is 2.30. The van der Waals surface area contributed by atoms with Crippen LogP contribution in [0.4, 0.5) is 10.1 Å². The van der Waals surface area contributed by atoms with Crippen LogP contribution < -0.4 is 10.6 Å². The van der Waals surface area contributed by atoms with Crippen LogP contribution in [-0.2, 0) is 4.79 Å². The Balaban J connectivity index is 2.33. The van der Waals surface area contributed by atoms with Crippen molar-refractivity contribution in [3.63, 3.8) is 0 Å². The Morgan fingerprint density at radius 2 is 2.29 bits per heavy atom. The van der Waals surface area contributed by atoms with E-state index in [4.69, 9.17) is 17.3 Å². The molecule has 1 unspecified atom stereocenters. The molecule has 14 heavy (non-hydrogen) atoms. The molecule has 1 atom stereocenters. The number of nitrogens with zero attached hydrogens (tertiary/aromatic N) is 1. The van der Waals surface area contributed by atoms with Gasteiger partial charge in [0.2, 0.25) is 5.91 Å². The molecule has 3 nitrogen and oxygen atoms in total. The average molecular weight is 215 g/mol. The number of hydrogen-bond donors (Lipinski definition) is 1. The number of benzene rings is 1. The number of halogens is 2. The first-order valence-electron chi connectivity index (χ1n) is 4.11. The maximum Gasteiger partial charge on any atom is 0.245 e. The number of carbonyl (C=O) groups excluding carboxylic acids is 1. The Morgan fingerprint density at radius 1 is 1.57 bits per heavy atom. The number of nitrogens with two attached hydrogens (primary N) is 1. The molecule has 5 heteroatoms. The lowest BCUT2D eigenvalue weighted by Crippen LogP contribution is -2.61. The molecule has 1 heterocycles. The van der Waals surface area contributed by atoms with Crippen LogP contribution in [0.5, 0.6) is 0 Å². The summed E-state index contributed by atoms with van der Waals surface area (Å²) < 4.78 is 12.9. The molecular formula is C9H8ClFN2O. The van der Waals surface area contributed by atoms with Crippen LogP contribution in [0.1, 0.15) is 0 Å². The molecular weight excluding hydrogens is 207 g/mol. The summed E-state index contributed by atoms with van der Waals surface area (Å²) in [5, 5.41) is 0.353. The van der Waals surface area contributed by atoms with Crippen molar-refractivity contribution < 1.29 is 9.18 Å². The number of anilines is 1. The third kappa shape index (κ3) is 1.36. The van der Waals surface area contributed by atoms with Gasteiger partial charge in [-0.15, -0.1) is 0 Å². The molecule has 0 saturated carbocycles. The number of rotatable bonds is 1. The van der Waals surface area contributed by atoms with Crippen molar-refractivity contribution in [3.05, 3.63) is 29.0 Å². The van der Waals surface area contributed by atoms with Gasteiger partial charge in [0.25, 0.3) is 0 Å². The first-order chi connectivity index (χ1) is 6.59. The van der Waals surface area contributed by atoms with E-state index in [9.17, 15) is 9.18 Å². The van der Waals surface area contributed by atoms with Crippen LogP contribution in [0, 0.1) is 5.82 Å². The van der Waals surface area contributed by atoms with Crippen molar-refractivity contribution in [2.24, 2.45) is 5.73 Å². The monoisotopic (exact) mass is 214 g/mol. The number of carbonyl (C=O) groups is 1. The van der Waals surface area contributed by atoms with Crippen molar-refractivity contribution in [2.75, 3.05) is 11.4 Å². The molecule has 1 fully saturated rings. The molecule has 0 spiro atoms. The van der Waals surface area contributed by atoms with E-state index in [0.29, 0.717) is 17.3 Å². The maximum absolute atomic E-state index is 12.9. The van der Waals surface area contributed by atoms with Crippen molar-refractivity contribution in [1.82, 2.24) is 0 Å². The first kappa shape index (κ1) is 9.43. The van der Waals surface area contributed by atoms with E-state index in [1.807, 2.05) is 0 Å². The molecule has 1 aliphatic heterocycles. The Bertz CT molecular complexity index is 396. The summed E-state index contributed by atoms with van der Waals surface area (Å²) in [5.74, 6) is -0.643. The van der Waals surface area contributed by atoms with E-state index in [0.717, 1.165) is 0 Å². The van der Waals surface area contributed by atoms with Crippen molar-refractivity contribution in [1.29, 1.82) is 0 Å². The summed E-state index contributed by atoms with van der Waals surface area (Å²) in [4.78, 5) is 12.6. The Kier molecular flexibility index (Phi) is 2.17. The quantitative estimate of drug-likeness (QED) is 0.713. The normalized spacial score (nSPS) is 20.9. The van der Waals surface area contributed by atoms with Crippen molar-refractivity contribution in [2.45, 2.75) is 6.04 Å². The molecule has 1 saturated heterocycles. The highest BCUT2D eigenvalue weighted by Gasteiger charge is 2.35. The second kappa shape index (κ2) is 3.22. The van der Waals surface area contributed by atoms with Gasteiger partial charge in [-0.3, -0.25) is 4.79 Å². The molecule has 1 aromatic rings. The fourth-order valence-corrected chi connectivity index (χ4v) is 1.58. The fraction of sp³-hybridized carbons (Fsp3) is 0.222. The van der Waals surface area contributed by atoms with Crippen LogP contribution in [-0.4, -0.2) is 18.5 Å². The molecule has 1 amide bonds. The van der Waals surface area contributed by atoms with Gasteiger partial charge in [0, 0.05) is 0 Å². The summed E-state index contributed by atoms with van der Waals surface area (Å²) >= 11 is 5.82. The predicted octanol–water partition coefficient (Wildman–Crippen LogP) is 1.15. The topological polar surface area (TPSA) is 46.3 Å². The van der Waals surface area contributed by atoms with Gasteiger partial charge in [-0.2, -0.15) is 0 Å². The van der Waals surface area contributed by atoms with E-state index < -0.39 is 11.9 Å². The van der Waals surface area contributed by atoms with Crippen molar-refractivity contribution >= 4 is 23.2 Å². The minimum atomic E-state index is -0.477. The van der Waals surface area contributed by atoms with Crippen LogP contribution in [0.15, 0.2) is 18.2 Å². The lowest BCUT2D eigenvalue weighted by atomic mass is 10.1. The molecule has 1 aliphatic rings. The third-order valence-electron chi connectivity index (χ3n) is 2.16. The van der Waals surface area contributed by atoms with E-state index in [2.05, 4.69) is 0 Å². The Hall–Kier alpha value is -1.13. The molecule has 2 N–H and O–H groups in total. The smallest absolute Gasteiger partial charge is 0.245 e. The first-order valence-corrected chi connectivity index (χ1v) is 4.49. The van der Waals surface area contributed by atoms with E-state index in [-0.39, 0.29) is 5.91 Å². The van der Waals surface area contributed by atoms with Gasteiger partial charge in [-0.05, 0) is 18.2 Å². The highest BCUT2D eigenvalue weighted by atomic mass is 35.5. The molecule has 2 rings (SSSR count). The van der Waals surface area contributed by atoms with Gasteiger partial charge in [0.05, 0.1) is 17.3 Å². The third-order valence-corrected chi connectivity index (χ3v) is 2.48. The van der Waals surface area contributed by atoms with Gasteiger partial charge in [0.1, 0.15) is 11.9 Å². The van der Waals surface area contributed by atoms with Gasteiger partial charge >= 0.3 is 0 Å². The highest BCUT2D eigenvalue weighted by molar-refractivity contribution is 6.34. The number of β-lactam (4-membered cyclic amide) rings is 1. The summed E-state index contributed by atoms with van der Waals surface area (Å²) in [5.41, 5.74) is 5.80.